The van der Waals surface area contributed by atoms with E-state index in [0.717, 1.165) is 6.29 Å². The van der Waals surface area contributed by atoms with Gasteiger partial charge in [-0.25, -0.2) is 4.39 Å². The van der Waals surface area contributed by atoms with E-state index in [2.05, 4.69) is 0 Å². The van der Waals surface area contributed by atoms with E-state index in [-0.39, 0.29) is 5.82 Å². The zero-order chi connectivity index (χ0) is 9.14. The van der Waals surface area contributed by atoms with Crippen LogP contribution in [0.3, 0.4) is 0 Å². The Bertz CT molecular complexity index is 310. The van der Waals surface area contributed by atoms with Crippen LogP contribution in [-0.2, 0) is 6.42 Å². The first kappa shape index (κ1) is 9.64. The van der Waals surface area contributed by atoms with Crippen LogP contribution in [0.5, 0.6) is 0 Å². The van der Waals surface area contributed by atoms with Crippen LogP contribution < -0.4 is 0 Å². The first-order valence-electron chi connectivity index (χ1n) is 3.62. The Hall–Kier alpha value is -0.450. The van der Waals surface area contributed by atoms with Gasteiger partial charge in [-0.1, -0.05) is 6.92 Å². The maximum Gasteiger partial charge on any atom is 0.150 e. The number of rotatable bonds is 2. The second-order valence-corrected chi connectivity index (χ2v) is 3.61. The van der Waals surface area contributed by atoms with Crippen molar-refractivity contribution in [2.24, 2.45) is 0 Å². The zero-order valence-electron chi connectivity index (χ0n) is 6.60. The number of halogens is 2. The van der Waals surface area contributed by atoms with Gasteiger partial charge in [0.1, 0.15) is 12.1 Å². The van der Waals surface area contributed by atoms with Crippen molar-refractivity contribution in [3.63, 3.8) is 0 Å². The maximum absolute atomic E-state index is 13.2. The minimum absolute atomic E-state index is 0.205. The molecule has 0 aromatic heterocycles. The monoisotopic (exact) mass is 278 g/mol. The fraction of sp³-hybridized carbons (Fsp3) is 0.222. The summed E-state index contributed by atoms with van der Waals surface area (Å²) < 4.78 is 13.7. The van der Waals surface area contributed by atoms with E-state index < -0.39 is 0 Å². The molecule has 1 rings (SSSR count). The summed E-state index contributed by atoms with van der Waals surface area (Å²) in [5, 5.41) is 0. The van der Waals surface area contributed by atoms with Gasteiger partial charge in [0, 0.05) is 9.13 Å². The molecular formula is C9H8FIO. The largest absolute Gasteiger partial charge is 0.298 e. The second kappa shape index (κ2) is 3.98. The number of carbonyl (C=O) groups excluding carboxylic acids is 1. The lowest BCUT2D eigenvalue weighted by molar-refractivity contribution is 0.112. The number of aldehydes is 1. The van der Waals surface area contributed by atoms with E-state index in [1.807, 2.05) is 29.5 Å². The third-order valence-electron chi connectivity index (χ3n) is 1.64. The zero-order valence-corrected chi connectivity index (χ0v) is 8.76. The van der Waals surface area contributed by atoms with E-state index >= 15 is 0 Å². The second-order valence-electron chi connectivity index (χ2n) is 2.45. The topological polar surface area (TPSA) is 17.1 Å². The van der Waals surface area contributed by atoms with Crippen molar-refractivity contribution >= 4 is 28.9 Å². The highest BCUT2D eigenvalue weighted by atomic mass is 127. The normalized spacial score (nSPS) is 9.92. The first-order valence-corrected chi connectivity index (χ1v) is 4.70. The van der Waals surface area contributed by atoms with Crippen molar-refractivity contribution < 1.29 is 9.18 Å². The number of hydrogen-bond donors (Lipinski definition) is 0. The first-order chi connectivity index (χ1) is 5.69. The van der Waals surface area contributed by atoms with Crippen molar-refractivity contribution in [1.82, 2.24) is 0 Å². The van der Waals surface area contributed by atoms with Crippen LogP contribution in [0.4, 0.5) is 4.39 Å². The molecule has 0 N–H and O–H groups in total. The molecule has 1 aromatic rings. The summed E-state index contributed by atoms with van der Waals surface area (Å²) in [6.07, 6.45) is 1.35. The molecule has 64 valence electrons. The van der Waals surface area contributed by atoms with Crippen molar-refractivity contribution in [2.45, 2.75) is 13.3 Å². The molecular weight excluding hydrogens is 270 g/mol. The fourth-order valence-corrected chi connectivity index (χ4v) is 1.70. The number of hydrogen-bond acceptors (Lipinski definition) is 1. The van der Waals surface area contributed by atoms with Gasteiger partial charge < -0.3 is 0 Å². The van der Waals surface area contributed by atoms with E-state index in [9.17, 15) is 9.18 Å². The molecule has 0 spiro atoms. The lowest BCUT2D eigenvalue weighted by Gasteiger charge is -2.02. The van der Waals surface area contributed by atoms with Gasteiger partial charge in [0.05, 0.1) is 0 Å². The molecule has 3 heteroatoms. The van der Waals surface area contributed by atoms with Crippen LogP contribution in [0.2, 0.25) is 0 Å². The van der Waals surface area contributed by atoms with Crippen molar-refractivity contribution in [3.8, 4) is 0 Å². The number of aryl methyl sites for hydroxylation is 1. The van der Waals surface area contributed by atoms with Crippen LogP contribution in [0.1, 0.15) is 22.8 Å². The van der Waals surface area contributed by atoms with Gasteiger partial charge in [0.25, 0.3) is 0 Å². The van der Waals surface area contributed by atoms with Gasteiger partial charge in [-0.2, -0.15) is 0 Å². The average Bonchev–Trinajstić information content (AvgIpc) is 2.09. The Morgan fingerprint density at radius 2 is 2.25 bits per heavy atom. The molecule has 0 bridgehead atoms. The van der Waals surface area contributed by atoms with Crippen LogP contribution in [-0.4, -0.2) is 6.29 Å². The molecule has 1 aromatic carbocycles. The number of carbonyl (C=O) groups is 1. The lowest BCUT2D eigenvalue weighted by atomic mass is 10.1. The molecule has 0 unspecified atom stereocenters. The summed E-state index contributed by atoms with van der Waals surface area (Å²) in [6.45, 7) is 1.86. The molecule has 0 amide bonds. The van der Waals surface area contributed by atoms with Crippen LogP contribution in [0, 0.1) is 9.39 Å². The summed E-state index contributed by atoms with van der Waals surface area (Å²) in [5.41, 5.74) is 1.14. The summed E-state index contributed by atoms with van der Waals surface area (Å²) in [5.74, 6) is -0.205. The van der Waals surface area contributed by atoms with Crippen molar-refractivity contribution in [3.05, 3.63) is 32.6 Å². The Kier molecular flexibility index (Phi) is 3.20. The standard InChI is InChI=1S/C9H8FIO/c1-2-7-3-6(5-12)4-8(11)9(7)10/h3-5H,2H2,1H3. The van der Waals surface area contributed by atoms with Gasteiger partial charge >= 0.3 is 0 Å². The predicted octanol–water partition coefficient (Wildman–Crippen LogP) is 2.81. The molecule has 0 saturated heterocycles. The minimum atomic E-state index is -0.205. The highest BCUT2D eigenvalue weighted by Gasteiger charge is 2.06. The van der Waals surface area contributed by atoms with Gasteiger partial charge in [0.2, 0.25) is 0 Å². The van der Waals surface area contributed by atoms with Crippen LogP contribution in [0.15, 0.2) is 12.1 Å². The van der Waals surface area contributed by atoms with Gasteiger partial charge in [-0.15, -0.1) is 0 Å². The lowest BCUT2D eigenvalue weighted by Crippen LogP contribution is -1.94. The Morgan fingerprint density at radius 3 is 2.75 bits per heavy atom. The van der Waals surface area contributed by atoms with Crippen molar-refractivity contribution in [2.75, 3.05) is 0 Å². The van der Waals surface area contributed by atoms with E-state index in [1.54, 1.807) is 12.1 Å². The molecule has 12 heavy (non-hydrogen) atoms. The SMILES string of the molecule is CCc1cc(C=O)cc(I)c1F. The molecule has 0 radical (unpaired) electrons. The predicted molar refractivity (Wildman–Crippen MR) is 53.9 cm³/mol. The molecule has 0 fully saturated rings. The van der Waals surface area contributed by atoms with Crippen LogP contribution in [0.25, 0.3) is 0 Å². The molecule has 0 aliphatic carbocycles. The average molecular weight is 278 g/mol. The third kappa shape index (κ3) is 1.83. The Morgan fingerprint density at radius 1 is 1.58 bits per heavy atom. The Labute approximate surface area is 84.1 Å². The Balaban J connectivity index is 3.28. The molecule has 0 atom stereocenters. The summed E-state index contributed by atoms with van der Waals surface area (Å²) in [7, 11) is 0. The van der Waals surface area contributed by atoms with Crippen LogP contribution >= 0.6 is 22.6 Å². The van der Waals surface area contributed by atoms with Gasteiger partial charge in [-0.3, -0.25) is 4.79 Å². The van der Waals surface area contributed by atoms with Gasteiger partial charge in [0.15, 0.2) is 0 Å². The quantitative estimate of drug-likeness (QED) is 0.600. The van der Waals surface area contributed by atoms with E-state index in [4.69, 9.17) is 0 Å². The van der Waals surface area contributed by atoms with E-state index in [1.165, 1.54) is 0 Å². The smallest absolute Gasteiger partial charge is 0.150 e. The number of benzene rings is 1. The minimum Gasteiger partial charge on any atom is -0.298 e. The summed E-state index contributed by atoms with van der Waals surface area (Å²) >= 11 is 1.89. The summed E-state index contributed by atoms with van der Waals surface area (Å²) in [4.78, 5) is 10.4. The third-order valence-corrected chi connectivity index (χ3v) is 2.43. The van der Waals surface area contributed by atoms with Gasteiger partial charge in [-0.05, 0) is 46.7 Å². The van der Waals surface area contributed by atoms with Crippen molar-refractivity contribution in [1.29, 1.82) is 0 Å². The molecule has 0 aliphatic rings. The molecule has 0 saturated carbocycles. The fourth-order valence-electron chi connectivity index (χ4n) is 0.995. The maximum atomic E-state index is 13.2. The molecule has 0 heterocycles. The summed E-state index contributed by atoms with van der Waals surface area (Å²) in [6, 6.07) is 3.13. The van der Waals surface area contributed by atoms with E-state index in [0.29, 0.717) is 21.1 Å². The highest BCUT2D eigenvalue weighted by Crippen LogP contribution is 2.17. The highest BCUT2D eigenvalue weighted by molar-refractivity contribution is 14.1. The molecule has 1 nitrogen and oxygen atoms in total. The molecule has 0 aliphatic heterocycles.